The van der Waals surface area contributed by atoms with Gasteiger partial charge in [-0.05, 0) is 30.7 Å². The van der Waals surface area contributed by atoms with Gasteiger partial charge >= 0.3 is 0 Å². The number of hydrogen-bond acceptors (Lipinski definition) is 3. The first-order valence-electron chi connectivity index (χ1n) is 4.76. The van der Waals surface area contributed by atoms with Crippen molar-refractivity contribution in [2.45, 2.75) is 6.42 Å². The lowest BCUT2D eigenvalue weighted by molar-refractivity contribution is 0.413. The summed E-state index contributed by atoms with van der Waals surface area (Å²) in [6.07, 6.45) is 4.82. The third-order valence-corrected chi connectivity index (χ3v) is 1.99. The highest BCUT2D eigenvalue weighted by atomic mass is 16.5. The number of rotatable bonds is 4. The van der Waals surface area contributed by atoms with Gasteiger partial charge in [0.1, 0.15) is 11.8 Å². The number of ether oxygens (including phenoxy) is 1. The lowest BCUT2D eigenvalue weighted by Crippen LogP contribution is -1.95. The molecule has 0 atom stereocenters. The molecule has 0 fully saturated rings. The van der Waals surface area contributed by atoms with Gasteiger partial charge in [-0.1, -0.05) is 18.2 Å². The van der Waals surface area contributed by atoms with Crippen LogP contribution in [0, 0.1) is 11.3 Å². The third-order valence-electron chi connectivity index (χ3n) is 1.99. The van der Waals surface area contributed by atoms with Gasteiger partial charge in [-0.3, -0.25) is 0 Å². The summed E-state index contributed by atoms with van der Waals surface area (Å²) >= 11 is 0. The Balaban J connectivity index is 2.89. The molecule has 1 aromatic carbocycles. The average molecular weight is 202 g/mol. The standard InChI is InChI=1S/C12H14N2O/c1-15-12-8-10(4-2-3-7-13)5-6-11(12)9-14/h2,4-6,8H,3,7,13H2,1H3. The van der Waals surface area contributed by atoms with Gasteiger partial charge in [0, 0.05) is 0 Å². The SMILES string of the molecule is COc1cc(C=CCCN)ccc1C#N. The van der Waals surface area contributed by atoms with Crippen LogP contribution in [0.2, 0.25) is 0 Å². The Morgan fingerprint density at radius 3 is 2.93 bits per heavy atom. The highest BCUT2D eigenvalue weighted by molar-refractivity contribution is 5.56. The molecule has 0 aliphatic rings. The molecule has 0 unspecified atom stereocenters. The van der Waals surface area contributed by atoms with E-state index in [0.29, 0.717) is 17.9 Å². The van der Waals surface area contributed by atoms with E-state index < -0.39 is 0 Å². The molecule has 0 bridgehead atoms. The van der Waals surface area contributed by atoms with E-state index in [9.17, 15) is 0 Å². The first kappa shape index (κ1) is 11.3. The lowest BCUT2D eigenvalue weighted by atomic mass is 10.1. The van der Waals surface area contributed by atoms with Crippen LogP contribution in [0.1, 0.15) is 17.5 Å². The molecule has 3 heteroatoms. The van der Waals surface area contributed by atoms with Crippen LogP contribution >= 0.6 is 0 Å². The minimum Gasteiger partial charge on any atom is -0.495 e. The van der Waals surface area contributed by atoms with Gasteiger partial charge in [-0.15, -0.1) is 0 Å². The summed E-state index contributed by atoms with van der Waals surface area (Å²) in [6, 6.07) is 7.54. The summed E-state index contributed by atoms with van der Waals surface area (Å²) in [7, 11) is 1.56. The second-order valence-corrected chi connectivity index (χ2v) is 3.05. The van der Waals surface area contributed by atoms with E-state index in [-0.39, 0.29) is 0 Å². The van der Waals surface area contributed by atoms with Crippen LogP contribution < -0.4 is 10.5 Å². The minimum atomic E-state index is 0.550. The fourth-order valence-corrected chi connectivity index (χ4v) is 1.22. The smallest absolute Gasteiger partial charge is 0.137 e. The quantitative estimate of drug-likeness (QED) is 0.811. The highest BCUT2D eigenvalue weighted by Gasteiger charge is 2.01. The van der Waals surface area contributed by atoms with Gasteiger partial charge in [-0.2, -0.15) is 5.26 Å². The Morgan fingerprint density at radius 2 is 2.33 bits per heavy atom. The zero-order chi connectivity index (χ0) is 11.1. The van der Waals surface area contributed by atoms with Crippen molar-refractivity contribution in [2.24, 2.45) is 5.73 Å². The van der Waals surface area contributed by atoms with Crippen molar-refractivity contribution in [1.82, 2.24) is 0 Å². The number of nitriles is 1. The molecule has 1 rings (SSSR count). The van der Waals surface area contributed by atoms with Gasteiger partial charge in [0.15, 0.2) is 0 Å². The van der Waals surface area contributed by atoms with Crippen LogP contribution in [-0.2, 0) is 0 Å². The average Bonchev–Trinajstić information content (AvgIpc) is 2.29. The Morgan fingerprint density at radius 1 is 1.53 bits per heavy atom. The monoisotopic (exact) mass is 202 g/mol. The van der Waals surface area contributed by atoms with Crippen molar-refractivity contribution in [2.75, 3.05) is 13.7 Å². The molecule has 15 heavy (non-hydrogen) atoms. The predicted octanol–water partition coefficient (Wildman–Crippen LogP) is 1.93. The number of hydrogen-bond donors (Lipinski definition) is 1. The maximum Gasteiger partial charge on any atom is 0.137 e. The molecule has 0 aliphatic heterocycles. The molecule has 0 saturated heterocycles. The van der Waals surface area contributed by atoms with Gasteiger partial charge < -0.3 is 10.5 Å². The molecule has 78 valence electrons. The molecular formula is C12H14N2O. The normalized spacial score (nSPS) is 10.2. The molecule has 0 saturated carbocycles. The van der Waals surface area contributed by atoms with E-state index in [1.807, 2.05) is 24.3 Å². The maximum atomic E-state index is 8.79. The van der Waals surface area contributed by atoms with Crippen molar-refractivity contribution in [3.8, 4) is 11.8 Å². The molecule has 0 amide bonds. The Kier molecular flexibility index (Phi) is 4.39. The van der Waals surface area contributed by atoms with Gasteiger partial charge in [-0.25, -0.2) is 0 Å². The zero-order valence-corrected chi connectivity index (χ0v) is 8.73. The Bertz CT molecular complexity index is 391. The van der Waals surface area contributed by atoms with E-state index >= 15 is 0 Å². The second kappa shape index (κ2) is 5.84. The van der Waals surface area contributed by atoms with Crippen molar-refractivity contribution >= 4 is 6.08 Å². The summed E-state index contributed by atoms with van der Waals surface area (Å²) in [5.41, 5.74) is 6.94. The van der Waals surface area contributed by atoms with E-state index in [1.54, 1.807) is 13.2 Å². The van der Waals surface area contributed by atoms with Crippen LogP contribution in [-0.4, -0.2) is 13.7 Å². The summed E-state index contributed by atoms with van der Waals surface area (Å²) in [5.74, 6) is 0.604. The number of methoxy groups -OCH3 is 1. The van der Waals surface area contributed by atoms with Gasteiger partial charge in [0.2, 0.25) is 0 Å². The molecule has 0 spiro atoms. The molecule has 0 heterocycles. The van der Waals surface area contributed by atoms with Crippen molar-refractivity contribution in [3.05, 3.63) is 35.4 Å². The first-order chi connectivity index (χ1) is 7.31. The molecule has 2 N–H and O–H groups in total. The molecular weight excluding hydrogens is 188 g/mol. The fourth-order valence-electron chi connectivity index (χ4n) is 1.22. The fraction of sp³-hybridized carbons (Fsp3) is 0.250. The van der Waals surface area contributed by atoms with Crippen molar-refractivity contribution in [1.29, 1.82) is 5.26 Å². The van der Waals surface area contributed by atoms with Crippen molar-refractivity contribution in [3.63, 3.8) is 0 Å². The Hall–Kier alpha value is -1.79. The summed E-state index contributed by atoms with van der Waals surface area (Å²) < 4.78 is 5.10. The minimum absolute atomic E-state index is 0.550. The van der Waals surface area contributed by atoms with E-state index in [2.05, 4.69) is 6.07 Å². The Labute approximate surface area is 89.8 Å². The van der Waals surface area contributed by atoms with E-state index in [1.165, 1.54) is 0 Å². The van der Waals surface area contributed by atoms with Crippen LogP contribution in [0.5, 0.6) is 5.75 Å². The predicted molar refractivity (Wildman–Crippen MR) is 60.4 cm³/mol. The number of benzene rings is 1. The number of nitrogens with two attached hydrogens (primary N) is 1. The van der Waals surface area contributed by atoms with Gasteiger partial charge in [0.05, 0.1) is 12.7 Å². The molecule has 0 radical (unpaired) electrons. The number of nitrogens with zero attached hydrogens (tertiary/aromatic N) is 1. The summed E-state index contributed by atoms with van der Waals surface area (Å²) in [6.45, 7) is 0.643. The largest absolute Gasteiger partial charge is 0.495 e. The highest BCUT2D eigenvalue weighted by Crippen LogP contribution is 2.19. The lowest BCUT2D eigenvalue weighted by Gasteiger charge is -2.03. The second-order valence-electron chi connectivity index (χ2n) is 3.05. The van der Waals surface area contributed by atoms with Crippen LogP contribution in [0.4, 0.5) is 0 Å². The molecule has 0 aliphatic carbocycles. The van der Waals surface area contributed by atoms with Gasteiger partial charge in [0.25, 0.3) is 0 Å². The summed E-state index contributed by atoms with van der Waals surface area (Å²) in [5, 5.41) is 8.79. The maximum absolute atomic E-state index is 8.79. The van der Waals surface area contributed by atoms with E-state index in [0.717, 1.165) is 12.0 Å². The van der Waals surface area contributed by atoms with E-state index in [4.69, 9.17) is 15.7 Å². The molecule has 3 nitrogen and oxygen atoms in total. The zero-order valence-electron chi connectivity index (χ0n) is 8.73. The van der Waals surface area contributed by atoms with Crippen LogP contribution in [0.3, 0.4) is 0 Å². The van der Waals surface area contributed by atoms with Crippen LogP contribution in [0.25, 0.3) is 6.08 Å². The molecule has 1 aromatic rings. The summed E-state index contributed by atoms with van der Waals surface area (Å²) in [4.78, 5) is 0. The first-order valence-corrected chi connectivity index (χ1v) is 4.76. The van der Waals surface area contributed by atoms with Crippen LogP contribution in [0.15, 0.2) is 24.3 Å². The molecule has 0 aromatic heterocycles. The third kappa shape index (κ3) is 3.12. The topological polar surface area (TPSA) is 59.0 Å². The van der Waals surface area contributed by atoms with Crippen molar-refractivity contribution < 1.29 is 4.74 Å².